The van der Waals surface area contributed by atoms with Crippen molar-refractivity contribution in [2.24, 2.45) is 11.0 Å². The molecule has 0 fully saturated rings. The summed E-state index contributed by atoms with van der Waals surface area (Å²) in [6.45, 7) is 2.47. The van der Waals surface area contributed by atoms with Gasteiger partial charge in [-0.05, 0) is 42.3 Å². The molecule has 0 aliphatic carbocycles. The highest BCUT2D eigenvalue weighted by molar-refractivity contribution is 6.06. The van der Waals surface area contributed by atoms with Crippen molar-refractivity contribution in [1.29, 1.82) is 0 Å². The molecule has 6 heteroatoms. The number of hydrogen-bond acceptors (Lipinski definition) is 5. The van der Waals surface area contributed by atoms with Crippen LogP contribution < -0.4 is 15.2 Å². The molecule has 1 aliphatic heterocycles. The number of amides is 1. The Morgan fingerprint density at radius 2 is 1.93 bits per heavy atom. The molecule has 1 atom stereocenters. The van der Waals surface area contributed by atoms with Crippen molar-refractivity contribution < 1.29 is 14.3 Å². The number of ether oxygens (including phenoxy) is 2. The van der Waals surface area contributed by atoms with Gasteiger partial charge in [0.05, 0.1) is 26.5 Å². The van der Waals surface area contributed by atoms with Gasteiger partial charge in [0.15, 0.2) is 11.5 Å². The quantitative estimate of drug-likeness (QED) is 0.794. The molecule has 0 aromatic heterocycles. The molecule has 142 valence electrons. The van der Waals surface area contributed by atoms with E-state index in [0.29, 0.717) is 30.2 Å². The highest BCUT2D eigenvalue weighted by Gasteiger charge is 2.29. The predicted octanol–water partition coefficient (Wildman–Crippen LogP) is 3.45. The SMILES string of the molecule is CCC1CC(=O)N(Cc2cccc(N)c2)N=C1c1ccc(OC)c(OC)c1. The molecule has 0 radical (unpaired) electrons. The minimum Gasteiger partial charge on any atom is -0.493 e. The van der Waals surface area contributed by atoms with E-state index in [-0.39, 0.29) is 11.8 Å². The number of methoxy groups -OCH3 is 2. The number of rotatable bonds is 6. The van der Waals surface area contributed by atoms with Crippen LogP contribution in [0.15, 0.2) is 47.6 Å². The third kappa shape index (κ3) is 4.05. The fourth-order valence-electron chi connectivity index (χ4n) is 3.29. The van der Waals surface area contributed by atoms with Gasteiger partial charge in [0.25, 0.3) is 0 Å². The van der Waals surface area contributed by atoms with Gasteiger partial charge in [-0.1, -0.05) is 19.1 Å². The Morgan fingerprint density at radius 1 is 1.15 bits per heavy atom. The first kappa shape index (κ1) is 18.8. The van der Waals surface area contributed by atoms with Gasteiger partial charge in [-0.25, -0.2) is 5.01 Å². The summed E-state index contributed by atoms with van der Waals surface area (Å²) in [4.78, 5) is 12.6. The van der Waals surface area contributed by atoms with E-state index < -0.39 is 0 Å². The summed E-state index contributed by atoms with van der Waals surface area (Å²) in [5, 5.41) is 6.24. The molecule has 1 amide bonds. The van der Waals surface area contributed by atoms with Crippen molar-refractivity contribution in [3.05, 3.63) is 53.6 Å². The number of carbonyl (C=O) groups is 1. The van der Waals surface area contributed by atoms with E-state index in [1.165, 1.54) is 5.01 Å². The zero-order chi connectivity index (χ0) is 19.4. The van der Waals surface area contributed by atoms with Gasteiger partial charge < -0.3 is 15.2 Å². The van der Waals surface area contributed by atoms with Gasteiger partial charge >= 0.3 is 0 Å². The molecular formula is C21H25N3O3. The second-order valence-corrected chi connectivity index (χ2v) is 6.56. The van der Waals surface area contributed by atoms with Crippen LogP contribution in [0, 0.1) is 5.92 Å². The third-order valence-corrected chi connectivity index (χ3v) is 4.78. The van der Waals surface area contributed by atoms with Crippen molar-refractivity contribution in [1.82, 2.24) is 5.01 Å². The van der Waals surface area contributed by atoms with Gasteiger partial charge in [-0.3, -0.25) is 4.79 Å². The Hall–Kier alpha value is -3.02. The number of nitrogens with two attached hydrogens (primary N) is 1. The second kappa shape index (κ2) is 8.12. The predicted molar refractivity (Wildman–Crippen MR) is 106 cm³/mol. The first-order valence-corrected chi connectivity index (χ1v) is 9.01. The van der Waals surface area contributed by atoms with Crippen molar-refractivity contribution in [2.45, 2.75) is 26.3 Å². The van der Waals surface area contributed by atoms with E-state index in [0.717, 1.165) is 23.3 Å². The molecule has 0 spiro atoms. The lowest BCUT2D eigenvalue weighted by Crippen LogP contribution is -2.36. The number of hydrazone groups is 1. The van der Waals surface area contributed by atoms with Gasteiger partial charge in [0, 0.05) is 23.6 Å². The van der Waals surface area contributed by atoms with Gasteiger partial charge in [0.1, 0.15) is 0 Å². The summed E-state index contributed by atoms with van der Waals surface area (Å²) in [7, 11) is 3.22. The maximum absolute atomic E-state index is 12.6. The number of benzene rings is 2. The van der Waals surface area contributed by atoms with Crippen LogP contribution in [-0.2, 0) is 11.3 Å². The molecule has 6 nitrogen and oxygen atoms in total. The summed E-state index contributed by atoms with van der Waals surface area (Å²) in [5.74, 6) is 1.41. The van der Waals surface area contributed by atoms with Gasteiger partial charge in [-0.15, -0.1) is 0 Å². The smallest absolute Gasteiger partial charge is 0.243 e. The topological polar surface area (TPSA) is 77.2 Å². The van der Waals surface area contributed by atoms with E-state index in [4.69, 9.17) is 20.3 Å². The number of hydrogen-bond donors (Lipinski definition) is 1. The maximum Gasteiger partial charge on any atom is 0.243 e. The van der Waals surface area contributed by atoms with Crippen LogP contribution >= 0.6 is 0 Å². The highest BCUT2D eigenvalue weighted by atomic mass is 16.5. The maximum atomic E-state index is 12.6. The third-order valence-electron chi connectivity index (χ3n) is 4.78. The van der Waals surface area contributed by atoms with E-state index in [1.807, 2.05) is 42.5 Å². The van der Waals surface area contributed by atoms with Gasteiger partial charge in [0.2, 0.25) is 5.91 Å². The average molecular weight is 367 g/mol. The fourth-order valence-corrected chi connectivity index (χ4v) is 3.29. The van der Waals surface area contributed by atoms with Crippen molar-refractivity contribution in [3.63, 3.8) is 0 Å². The summed E-state index contributed by atoms with van der Waals surface area (Å²) in [6.07, 6.45) is 1.27. The highest BCUT2D eigenvalue weighted by Crippen LogP contribution is 2.31. The number of nitrogens with zero attached hydrogens (tertiary/aromatic N) is 2. The first-order chi connectivity index (χ1) is 13.0. The van der Waals surface area contributed by atoms with Crippen LogP contribution in [-0.4, -0.2) is 30.8 Å². The molecule has 1 aliphatic rings. The molecule has 1 unspecified atom stereocenters. The van der Waals surface area contributed by atoms with Crippen LogP contribution in [0.1, 0.15) is 30.9 Å². The van der Waals surface area contributed by atoms with Crippen molar-refractivity contribution in [2.75, 3.05) is 20.0 Å². The zero-order valence-electron chi connectivity index (χ0n) is 15.9. The first-order valence-electron chi connectivity index (χ1n) is 9.01. The molecule has 2 N–H and O–H groups in total. The lowest BCUT2D eigenvalue weighted by Gasteiger charge is -2.29. The standard InChI is InChI=1S/C21H25N3O3/c1-4-15-12-20(25)24(13-14-6-5-7-17(22)10-14)23-21(15)16-8-9-18(26-2)19(11-16)27-3/h5-11,15H,4,12-13,22H2,1-3H3. The average Bonchev–Trinajstić information content (AvgIpc) is 2.68. The van der Waals surface area contributed by atoms with Crippen LogP contribution in [0.2, 0.25) is 0 Å². The molecule has 3 rings (SSSR count). The van der Waals surface area contributed by atoms with E-state index in [1.54, 1.807) is 14.2 Å². The molecule has 0 saturated heterocycles. The van der Waals surface area contributed by atoms with E-state index in [9.17, 15) is 4.79 Å². The summed E-state index contributed by atoms with van der Waals surface area (Å²) >= 11 is 0. The van der Waals surface area contributed by atoms with Crippen molar-refractivity contribution in [3.8, 4) is 11.5 Å². The molecular weight excluding hydrogens is 342 g/mol. The van der Waals surface area contributed by atoms with Crippen LogP contribution in [0.5, 0.6) is 11.5 Å². The molecule has 0 bridgehead atoms. The summed E-state index contributed by atoms with van der Waals surface area (Å²) < 4.78 is 10.7. The Morgan fingerprint density at radius 3 is 2.59 bits per heavy atom. The monoisotopic (exact) mass is 367 g/mol. The molecule has 2 aromatic carbocycles. The molecule has 2 aromatic rings. The number of anilines is 1. The Bertz CT molecular complexity index is 864. The summed E-state index contributed by atoms with van der Waals surface area (Å²) in [6, 6.07) is 13.3. The molecule has 1 heterocycles. The lowest BCUT2D eigenvalue weighted by molar-refractivity contribution is -0.133. The number of nitrogen functional groups attached to an aromatic ring is 1. The Kier molecular flexibility index (Phi) is 5.64. The van der Waals surface area contributed by atoms with Crippen LogP contribution in [0.4, 0.5) is 5.69 Å². The minimum atomic E-state index is 0.0218. The number of carbonyl (C=O) groups excluding carboxylic acids is 1. The van der Waals surface area contributed by atoms with E-state index in [2.05, 4.69) is 6.92 Å². The van der Waals surface area contributed by atoms with Crippen molar-refractivity contribution >= 4 is 17.3 Å². The largest absolute Gasteiger partial charge is 0.493 e. The second-order valence-electron chi connectivity index (χ2n) is 6.56. The zero-order valence-corrected chi connectivity index (χ0v) is 15.9. The normalized spacial score (nSPS) is 16.9. The van der Waals surface area contributed by atoms with E-state index >= 15 is 0 Å². The molecule has 0 saturated carbocycles. The Balaban J connectivity index is 1.96. The summed E-state index contributed by atoms with van der Waals surface area (Å²) in [5.41, 5.74) is 9.31. The van der Waals surface area contributed by atoms with Gasteiger partial charge in [-0.2, -0.15) is 5.10 Å². The minimum absolute atomic E-state index is 0.0218. The van der Waals surface area contributed by atoms with Crippen LogP contribution in [0.3, 0.4) is 0 Å². The Labute approximate surface area is 159 Å². The fraction of sp³-hybridized carbons (Fsp3) is 0.333. The lowest BCUT2D eigenvalue weighted by atomic mass is 9.89. The molecule has 27 heavy (non-hydrogen) atoms. The van der Waals surface area contributed by atoms with Crippen LogP contribution in [0.25, 0.3) is 0 Å².